The van der Waals surface area contributed by atoms with Gasteiger partial charge in [-0.2, -0.15) is 0 Å². The van der Waals surface area contributed by atoms with E-state index in [1.54, 1.807) is 4.90 Å². The minimum atomic E-state index is -3.10. The van der Waals surface area contributed by atoms with Crippen LogP contribution in [0.4, 0.5) is 4.79 Å². The quantitative estimate of drug-likeness (QED) is 0.342. The molecule has 1 aromatic rings. The van der Waals surface area contributed by atoms with Gasteiger partial charge in [-0.15, -0.1) is 0 Å². The van der Waals surface area contributed by atoms with Crippen molar-refractivity contribution in [2.75, 3.05) is 6.16 Å². The Morgan fingerprint density at radius 2 is 1.44 bits per heavy atom. The summed E-state index contributed by atoms with van der Waals surface area (Å²) in [5, 5.41) is 0.708. The standard InChI is InChI=1S/C21H36NO2P/c1-6-7-8-9-10-14-17-25(24,20-15-12-11-13-16-20)21(23)22(18(2)3)19(4)5/h11-13,15-16,18-19H,6-10,14,17H2,1-5H3. The minimum Gasteiger partial charge on any atom is -0.331 e. The van der Waals surface area contributed by atoms with Crippen LogP contribution in [0.2, 0.25) is 0 Å². The van der Waals surface area contributed by atoms with Crippen molar-refractivity contribution >= 4 is 18.1 Å². The second-order valence-electron chi connectivity index (χ2n) is 7.44. The van der Waals surface area contributed by atoms with E-state index in [0.29, 0.717) is 11.5 Å². The van der Waals surface area contributed by atoms with Crippen molar-refractivity contribution in [2.45, 2.75) is 85.2 Å². The maximum Gasteiger partial charge on any atom is 0.286 e. The molecule has 4 heteroatoms. The van der Waals surface area contributed by atoms with Gasteiger partial charge >= 0.3 is 0 Å². The molecule has 3 nitrogen and oxygen atoms in total. The van der Waals surface area contributed by atoms with Gasteiger partial charge < -0.3 is 9.46 Å². The molecule has 0 N–H and O–H groups in total. The summed E-state index contributed by atoms with van der Waals surface area (Å²) in [4.78, 5) is 15.1. The second kappa shape index (κ2) is 10.8. The highest BCUT2D eigenvalue weighted by atomic mass is 31.2. The van der Waals surface area contributed by atoms with Gasteiger partial charge in [0.05, 0.1) is 0 Å². The Morgan fingerprint density at radius 1 is 0.920 bits per heavy atom. The first-order valence-corrected chi connectivity index (χ1v) is 11.7. The zero-order valence-electron chi connectivity index (χ0n) is 16.7. The van der Waals surface area contributed by atoms with Crippen LogP contribution >= 0.6 is 7.14 Å². The molecular formula is C21H36NO2P. The van der Waals surface area contributed by atoms with E-state index in [1.807, 2.05) is 58.0 Å². The minimum absolute atomic E-state index is 0.0501. The third-order valence-corrected chi connectivity index (χ3v) is 7.57. The highest BCUT2D eigenvalue weighted by molar-refractivity contribution is 7.86. The maximum absolute atomic E-state index is 13.9. The molecule has 0 saturated carbocycles. The van der Waals surface area contributed by atoms with Crippen molar-refractivity contribution in [3.8, 4) is 0 Å². The molecule has 0 saturated heterocycles. The van der Waals surface area contributed by atoms with E-state index in [9.17, 15) is 9.36 Å². The summed E-state index contributed by atoms with van der Waals surface area (Å²) < 4.78 is 13.9. The van der Waals surface area contributed by atoms with Crippen molar-refractivity contribution in [1.82, 2.24) is 4.90 Å². The first-order chi connectivity index (χ1) is 11.8. The average molecular weight is 365 g/mol. The first-order valence-electron chi connectivity index (χ1n) is 9.82. The van der Waals surface area contributed by atoms with Gasteiger partial charge in [0.2, 0.25) is 0 Å². The highest BCUT2D eigenvalue weighted by Crippen LogP contribution is 2.49. The largest absolute Gasteiger partial charge is 0.331 e. The van der Waals surface area contributed by atoms with E-state index < -0.39 is 7.14 Å². The number of nitrogens with zero attached hydrogens (tertiary/aromatic N) is 1. The molecule has 0 aliphatic heterocycles. The smallest absolute Gasteiger partial charge is 0.286 e. The zero-order chi connectivity index (χ0) is 18.9. The predicted octanol–water partition coefficient (Wildman–Crippen LogP) is 6.27. The predicted molar refractivity (Wildman–Crippen MR) is 109 cm³/mol. The molecule has 0 heterocycles. The number of carbonyl (C=O) groups excluding carboxylic acids is 1. The molecular weight excluding hydrogens is 329 g/mol. The second-order valence-corrected chi connectivity index (χ2v) is 10.3. The van der Waals surface area contributed by atoms with Crippen molar-refractivity contribution in [3.63, 3.8) is 0 Å². The topological polar surface area (TPSA) is 37.4 Å². The molecule has 0 spiro atoms. The lowest BCUT2D eigenvalue weighted by atomic mass is 10.1. The Bertz CT molecular complexity index is 546. The SMILES string of the molecule is CCCCCCCCP(=O)(C(=O)N(C(C)C)C(C)C)c1ccccc1. The van der Waals surface area contributed by atoms with Crippen molar-refractivity contribution in [1.29, 1.82) is 0 Å². The average Bonchev–Trinajstić information content (AvgIpc) is 2.57. The molecule has 0 aromatic heterocycles. The van der Waals surface area contributed by atoms with Gasteiger partial charge in [-0.3, -0.25) is 4.79 Å². The lowest BCUT2D eigenvalue weighted by Crippen LogP contribution is -2.42. The van der Waals surface area contributed by atoms with Gasteiger partial charge in [-0.05, 0) is 34.1 Å². The lowest BCUT2D eigenvalue weighted by molar-refractivity contribution is 0.187. The molecule has 25 heavy (non-hydrogen) atoms. The molecule has 1 aromatic carbocycles. The van der Waals surface area contributed by atoms with Crippen LogP contribution in [0.25, 0.3) is 0 Å². The van der Waals surface area contributed by atoms with Gasteiger partial charge in [0.1, 0.15) is 0 Å². The van der Waals surface area contributed by atoms with Crippen LogP contribution in [-0.4, -0.2) is 28.8 Å². The van der Waals surface area contributed by atoms with Crippen molar-refractivity contribution in [2.24, 2.45) is 0 Å². The van der Waals surface area contributed by atoms with E-state index >= 15 is 0 Å². The highest BCUT2D eigenvalue weighted by Gasteiger charge is 2.38. The number of hydrogen-bond acceptors (Lipinski definition) is 2. The van der Waals surface area contributed by atoms with Crippen LogP contribution in [0.5, 0.6) is 0 Å². The number of carbonyl (C=O) groups is 1. The first kappa shape index (κ1) is 22.0. The number of benzene rings is 1. The molecule has 0 fully saturated rings. The lowest BCUT2D eigenvalue weighted by Gasteiger charge is -2.34. The molecule has 0 radical (unpaired) electrons. The summed E-state index contributed by atoms with van der Waals surface area (Å²) in [5.74, 6) is 0. The Hall–Kier alpha value is -1.08. The van der Waals surface area contributed by atoms with E-state index in [2.05, 4.69) is 6.92 Å². The number of hydrogen-bond donors (Lipinski definition) is 0. The number of amides is 1. The fourth-order valence-electron chi connectivity index (χ4n) is 3.34. The molecule has 1 atom stereocenters. The summed E-state index contributed by atoms with van der Waals surface area (Å²) in [5.41, 5.74) is -0.169. The van der Waals surface area contributed by atoms with Crippen molar-refractivity contribution < 1.29 is 9.36 Å². The normalized spacial score (nSPS) is 13.9. The van der Waals surface area contributed by atoms with Crippen LogP contribution in [-0.2, 0) is 4.57 Å². The van der Waals surface area contributed by atoms with Crippen molar-refractivity contribution in [3.05, 3.63) is 30.3 Å². The summed E-state index contributed by atoms with van der Waals surface area (Å²) in [6.07, 6.45) is 7.25. The van der Waals surface area contributed by atoms with Gasteiger partial charge in [-0.1, -0.05) is 69.4 Å². The molecule has 1 unspecified atom stereocenters. The molecule has 142 valence electrons. The Kier molecular flexibility index (Phi) is 9.50. The van der Waals surface area contributed by atoms with E-state index in [0.717, 1.165) is 19.3 Å². The molecule has 0 bridgehead atoms. The van der Waals surface area contributed by atoms with E-state index in [1.165, 1.54) is 19.3 Å². The summed E-state index contributed by atoms with van der Waals surface area (Å²) in [7, 11) is -3.10. The molecule has 0 aliphatic carbocycles. The van der Waals surface area contributed by atoms with E-state index in [-0.39, 0.29) is 17.7 Å². The summed E-state index contributed by atoms with van der Waals surface area (Å²) in [6, 6.07) is 9.48. The Balaban J connectivity index is 2.96. The fourth-order valence-corrected chi connectivity index (χ4v) is 6.17. The molecule has 1 amide bonds. The third-order valence-electron chi connectivity index (χ3n) is 4.64. The summed E-state index contributed by atoms with van der Waals surface area (Å²) in [6.45, 7) is 10.2. The van der Waals surface area contributed by atoms with Gasteiger partial charge in [-0.25, -0.2) is 0 Å². The van der Waals surface area contributed by atoms with Gasteiger partial charge in [0.25, 0.3) is 5.65 Å². The fraction of sp³-hybridized carbons (Fsp3) is 0.667. The maximum atomic E-state index is 13.9. The third kappa shape index (κ3) is 6.29. The van der Waals surface area contributed by atoms with E-state index in [4.69, 9.17) is 0 Å². The van der Waals surface area contributed by atoms with Gasteiger partial charge in [0.15, 0.2) is 7.14 Å². The molecule has 1 rings (SSSR count). The molecule has 0 aliphatic rings. The van der Waals surface area contributed by atoms with Crippen LogP contribution in [0.3, 0.4) is 0 Å². The van der Waals surface area contributed by atoms with Crippen LogP contribution < -0.4 is 5.30 Å². The Morgan fingerprint density at radius 3 is 1.96 bits per heavy atom. The van der Waals surface area contributed by atoms with Gasteiger partial charge in [0, 0.05) is 23.6 Å². The zero-order valence-corrected chi connectivity index (χ0v) is 17.6. The van der Waals surface area contributed by atoms with Crippen LogP contribution in [0.1, 0.15) is 73.1 Å². The number of rotatable bonds is 11. The van der Waals surface area contributed by atoms with Crippen LogP contribution in [0.15, 0.2) is 30.3 Å². The summed E-state index contributed by atoms with van der Waals surface area (Å²) >= 11 is 0. The van der Waals surface area contributed by atoms with Crippen LogP contribution in [0, 0.1) is 0 Å². The number of unbranched alkanes of at least 4 members (excludes halogenated alkanes) is 5. The Labute approximate surface area is 154 Å². The monoisotopic (exact) mass is 365 g/mol.